The van der Waals surface area contributed by atoms with E-state index >= 15 is 0 Å². The van der Waals surface area contributed by atoms with Crippen LogP contribution >= 0.6 is 0 Å². The van der Waals surface area contributed by atoms with Crippen LogP contribution in [0.2, 0.25) is 0 Å². The molecule has 7 heteroatoms. The largest absolute Gasteiger partial charge is 0.456 e. The smallest absolute Gasteiger partial charge is 0.240 e. The van der Waals surface area contributed by atoms with Crippen molar-refractivity contribution >= 4 is 43.6 Å². The van der Waals surface area contributed by atoms with E-state index < -0.39 is 10.0 Å². The average Bonchev–Trinajstić information content (AvgIpc) is 3.06. The van der Waals surface area contributed by atoms with Crippen LogP contribution in [0.4, 0.5) is 5.69 Å². The van der Waals surface area contributed by atoms with Crippen LogP contribution in [0.5, 0.6) is 0 Å². The first-order chi connectivity index (χ1) is 13.5. The Hall–Kier alpha value is -3.16. The fraction of sp³-hybridized carbons (Fsp3) is 0.0952. The highest BCUT2D eigenvalue weighted by Crippen LogP contribution is 2.30. The number of nitrogens with one attached hydrogen (secondary N) is 2. The van der Waals surface area contributed by atoms with Crippen LogP contribution < -0.4 is 10.0 Å². The molecule has 0 aliphatic carbocycles. The minimum absolute atomic E-state index is 0.00986. The molecule has 1 amide bonds. The lowest BCUT2D eigenvalue weighted by atomic mass is 10.1. The molecule has 0 aliphatic rings. The summed E-state index contributed by atoms with van der Waals surface area (Å²) in [4.78, 5) is 12.3. The molecule has 0 atom stereocenters. The second-order valence-electron chi connectivity index (χ2n) is 6.32. The van der Waals surface area contributed by atoms with Crippen LogP contribution in [-0.2, 0) is 14.8 Å². The number of hydrogen-bond acceptors (Lipinski definition) is 4. The molecule has 4 rings (SSSR count). The second kappa shape index (κ2) is 7.46. The summed E-state index contributed by atoms with van der Waals surface area (Å²) in [6.45, 7) is 0.00986. The van der Waals surface area contributed by atoms with Gasteiger partial charge in [-0.05, 0) is 30.3 Å². The zero-order chi connectivity index (χ0) is 19.6. The van der Waals surface area contributed by atoms with Gasteiger partial charge >= 0.3 is 0 Å². The zero-order valence-corrected chi connectivity index (χ0v) is 15.7. The maximum Gasteiger partial charge on any atom is 0.240 e. The molecule has 3 aromatic carbocycles. The standard InChI is InChI=1S/C21H18N2O4S/c24-21(12-13-22-28(25,26)16-6-2-1-3-7-16)23-15-10-11-18-17-8-4-5-9-19(17)27-20(18)14-15/h1-11,14,22H,12-13H2,(H,23,24). The summed E-state index contributed by atoms with van der Waals surface area (Å²) in [5.41, 5.74) is 2.07. The van der Waals surface area contributed by atoms with Crippen LogP contribution in [0.15, 0.2) is 82.1 Å². The molecule has 0 aliphatic heterocycles. The Balaban J connectivity index is 1.39. The molecule has 0 saturated carbocycles. The van der Waals surface area contributed by atoms with Crippen molar-refractivity contribution < 1.29 is 17.6 Å². The highest BCUT2D eigenvalue weighted by molar-refractivity contribution is 7.89. The predicted octanol–water partition coefficient (Wildman–Crippen LogP) is 3.89. The Bertz CT molecular complexity index is 1250. The maximum absolute atomic E-state index is 12.2. The minimum atomic E-state index is -3.62. The zero-order valence-electron chi connectivity index (χ0n) is 14.9. The van der Waals surface area contributed by atoms with Gasteiger partial charge in [-0.3, -0.25) is 4.79 Å². The third kappa shape index (κ3) is 3.76. The molecule has 4 aromatic rings. The molecule has 0 spiro atoms. The first-order valence-corrected chi connectivity index (χ1v) is 10.3. The van der Waals surface area contributed by atoms with Crippen molar-refractivity contribution in [2.75, 3.05) is 11.9 Å². The van der Waals surface area contributed by atoms with Crippen molar-refractivity contribution in [3.8, 4) is 0 Å². The summed E-state index contributed by atoms with van der Waals surface area (Å²) < 4.78 is 32.5. The summed E-state index contributed by atoms with van der Waals surface area (Å²) in [5, 5.41) is 4.77. The van der Waals surface area contributed by atoms with Gasteiger partial charge in [0.05, 0.1) is 4.90 Å². The lowest BCUT2D eigenvalue weighted by Gasteiger charge is -2.07. The number of fused-ring (bicyclic) bond motifs is 3. The molecular formula is C21H18N2O4S. The molecule has 0 radical (unpaired) electrons. The van der Waals surface area contributed by atoms with Crippen LogP contribution in [0.3, 0.4) is 0 Å². The Labute approximate surface area is 162 Å². The Morgan fingerprint density at radius 1 is 0.857 bits per heavy atom. The molecule has 2 N–H and O–H groups in total. The van der Waals surface area contributed by atoms with Gasteiger partial charge in [0.1, 0.15) is 11.2 Å². The number of carbonyl (C=O) groups is 1. The van der Waals surface area contributed by atoms with E-state index in [0.29, 0.717) is 11.3 Å². The first-order valence-electron chi connectivity index (χ1n) is 8.79. The van der Waals surface area contributed by atoms with Crippen LogP contribution in [0, 0.1) is 0 Å². The van der Waals surface area contributed by atoms with Gasteiger partial charge in [-0.25, -0.2) is 13.1 Å². The number of carbonyl (C=O) groups excluding carboxylic acids is 1. The normalized spacial score (nSPS) is 11.7. The number of hydrogen-bond donors (Lipinski definition) is 2. The topological polar surface area (TPSA) is 88.4 Å². The van der Waals surface area contributed by atoms with Gasteiger partial charge in [-0.2, -0.15) is 0 Å². The third-order valence-corrected chi connectivity index (χ3v) is 5.84. The van der Waals surface area contributed by atoms with Gasteiger partial charge < -0.3 is 9.73 Å². The van der Waals surface area contributed by atoms with Crippen LogP contribution in [0.25, 0.3) is 21.9 Å². The molecule has 0 unspecified atom stereocenters. The maximum atomic E-state index is 12.2. The monoisotopic (exact) mass is 394 g/mol. The van der Waals surface area contributed by atoms with Crippen molar-refractivity contribution in [1.29, 1.82) is 0 Å². The van der Waals surface area contributed by atoms with Crippen molar-refractivity contribution in [3.63, 3.8) is 0 Å². The number of rotatable bonds is 6. The Morgan fingerprint density at radius 3 is 2.39 bits per heavy atom. The second-order valence-corrected chi connectivity index (χ2v) is 8.09. The molecule has 0 saturated heterocycles. The molecule has 28 heavy (non-hydrogen) atoms. The van der Waals surface area contributed by atoms with E-state index in [2.05, 4.69) is 10.0 Å². The molecule has 142 valence electrons. The van der Waals surface area contributed by atoms with Crippen molar-refractivity contribution in [2.24, 2.45) is 0 Å². The SMILES string of the molecule is O=C(CCNS(=O)(=O)c1ccccc1)Nc1ccc2c(c1)oc1ccccc12. The number of benzene rings is 3. The predicted molar refractivity (Wildman–Crippen MR) is 109 cm³/mol. The van der Waals surface area contributed by atoms with Gasteiger partial charge in [0, 0.05) is 35.5 Å². The van der Waals surface area contributed by atoms with Crippen molar-refractivity contribution in [2.45, 2.75) is 11.3 Å². The number of anilines is 1. The molecule has 6 nitrogen and oxygen atoms in total. The summed E-state index contributed by atoms with van der Waals surface area (Å²) in [7, 11) is -3.62. The minimum Gasteiger partial charge on any atom is -0.456 e. The molecule has 1 aromatic heterocycles. The average molecular weight is 394 g/mol. The van der Waals surface area contributed by atoms with E-state index in [1.54, 1.807) is 30.3 Å². The van der Waals surface area contributed by atoms with E-state index in [4.69, 9.17) is 4.42 Å². The van der Waals surface area contributed by atoms with Crippen molar-refractivity contribution in [3.05, 3.63) is 72.8 Å². The van der Waals surface area contributed by atoms with E-state index in [1.165, 1.54) is 12.1 Å². The summed E-state index contributed by atoms with van der Waals surface area (Å²) in [5.74, 6) is -0.286. The third-order valence-electron chi connectivity index (χ3n) is 4.36. The van der Waals surface area contributed by atoms with Crippen LogP contribution in [0.1, 0.15) is 6.42 Å². The number of amides is 1. The molecular weight excluding hydrogens is 376 g/mol. The highest BCUT2D eigenvalue weighted by Gasteiger charge is 2.14. The number of furan rings is 1. The molecule has 0 fully saturated rings. The van der Waals surface area contributed by atoms with Gasteiger partial charge in [-0.1, -0.05) is 36.4 Å². The van der Waals surface area contributed by atoms with E-state index in [1.807, 2.05) is 30.3 Å². The Morgan fingerprint density at radius 2 is 1.57 bits per heavy atom. The van der Waals surface area contributed by atoms with E-state index in [9.17, 15) is 13.2 Å². The fourth-order valence-electron chi connectivity index (χ4n) is 3.01. The fourth-order valence-corrected chi connectivity index (χ4v) is 4.06. The molecule has 0 bridgehead atoms. The number of sulfonamides is 1. The van der Waals surface area contributed by atoms with Crippen molar-refractivity contribution in [1.82, 2.24) is 4.72 Å². The van der Waals surface area contributed by atoms with E-state index in [-0.39, 0.29) is 23.8 Å². The summed E-state index contributed by atoms with van der Waals surface area (Å²) in [6.07, 6.45) is 0.0181. The van der Waals surface area contributed by atoms with E-state index in [0.717, 1.165) is 16.4 Å². The summed E-state index contributed by atoms with van der Waals surface area (Å²) >= 11 is 0. The van der Waals surface area contributed by atoms with Gasteiger partial charge in [0.25, 0.3) is 0 Å². The quantitative estimate of drug-likeness (QED) is 0.519. The summed E-state index contributed by atoms with van der Waals surface area (Å²) in [6, 6.07) is 21.2. The lowest BCUT2D eigenvalue weighted by Crippen LogP contribution is -2.27. The number of para-hydroxylation sites is 1. The van der Waals surface area contributed by atoms with Gasteiger partial charge in [0.15, 0.2) is 0 Å². The first kappa shape index (κ1) is 18.2. The van der Waals surface area contributed by atoms with Crippen LogP contribution in [-0.4, -0.2) is 20.9 Å². The van der Waals surface area contributed by atoms with Gasteiger partial charge in [0.2, 0.25) is 15.9 Å². The van der Waals surface area contributed by atoms with Gasteiger partial charge in [-0.15, -0.1) is 0 Å². The molecule has 1 heterocycles. The Kier molecular flexibility index (Phi) is 4.85. The lowest BCUT2D eigenvalue weighted by molar-refractivity contribution is -0.116. The highest BCUT2D eigenvalue weighted by atomic mass is 32.2.